The zero-order chi connectivity index (χ0) is 24.2. The Labute approximate surface area is 190 Å². The van der Waals surface area contributed by atoms with Gasteiger partial charge in [0.15, 0.2) is 17.3 Å². The molecule has 0 spiro atoms. The molecule has 0 aliphatic rings. The molecule has 0 bridgehead atoms. The zero-order valence-corrected chi connectivity index (χ0v) is 19.2. The van der Waals surface area contributed by atoms with E-state index in [-0.39, 0.29) is 34.5 Å². The van der Waals surface area contributed by atoms with E-state index in [1.54, 1.807) is 13.0 Å². The highest BCUT2D eigenvalue weighted by Gasteiger charge is 2.20. The summed E-state index contributed by atoms with van der Waals surface area (Å²) in [7, 11) is -3.67. The number of unbranched alkanes of at least 4 members (excludes halogenated alkanes) is 1. The fourth-order valence-corrected chi connectivity index (χ4v) is 3.53. The molecule has 0 saturated carbocycles. The number of ether oxygens (including phenoxy) is 1. The fraction of sp³-hybridized carbons (Fsp3) is 0.318. The number of H-pyrrole nitrogens is 1. The second-order valence-corrected chi connectivity index (χ2v) is 9.38. The molecule has 3 rings (SSSR count). The van der Waals surface area contributed by atoms with E-state index in [0.29, 0.717) is 29.3 Å². The van der Waals surface area contributed by atoms with Crippen LogP contribution in [0.1, 0.15) is 37.9 Å². The van der Waals surface area contributed by atoms with Crippen LogP contribution < -0.4 is 15.0 Å². The first-order valence-electron chi connectivity index (χ1n) is 10.4. The van der Waals surface area contributed by atoms with Gasteiger partial charge in [-0.1, -0.05) is 13.3 Å². The molecular weight excluding hydrogens is 454 g/mol. The molecule has 0 fully saturated rings. The van der Waals surface area contributed by atoms with Crippen molar-refractivity contribution in [3.63, 3.8) is 0 Å². The van der Waals surface area contributed by atoms with Crippen LogP contribution >= 0.6 is 0 Å². The van der Waals surface area contributed by atoms with Gasteiger partial charge in [-0.3, -0.25) is 9.52 Å². The number of halogens is 2. The molecular formula is C22H24F2N4O4S. The van der Waals surface area contributed by atoms with Crippen molar-refractivity contribution < 1.29 is 21.9 Å². The quantitative estimate of drug-likeness (QED) is 0.474. The number of rotatable bonds is 9. The van der Waals surface area contributed by atoms with Gasteiger partial charge in [0, 0.05) is 22.9 Å². The third-order valence-corrected chi connectivity index (χ3v) is 6.09. The van der Waals surface area contributed by atoms with Gasteiger partial charge in [-0.05, 0) is 44.9 Å². The maximum absolute atomic E-state index is 14.2. The fourth-order valence-electron chi connectivity index (χ4n) is 3.01. The lowest BCUT2D eigenvalue weighted by atomic mass is 10.0. The first-order valence-corrected chi connectivity index (χ1v) is 12.0. The summed E-state index contributed by atoms with van der Waals surface area (Å²) in [5, 5.41) is 0. The van der Waals surface area contributed by atoms with E-state index in [9.17, 15) is 22.0 Å². The maximum atomic E-state index is 14.2. The SMILES string of the molecule is CCCCc1[nH]c(=O)c(C)cc1-c1nc(NS(=O)(=O)CC)ncc1Oc1ccc(F)cc1F. The van der Waals surface area contributed by atoms with Gasteiger partial charge in [-0.2, -0.15) is 0 Å². The molecule has 11 heteroatoms. The van der Waals surface area contributed by atoms with E-state index >= 15 is 0 Å². The van der Waals surface area contributed by atoms with Crippen LogP contribution in [0.15, 0.2) is 35.3 Å². The summed E-state index contributed by atoms with van der Waals surface area (Å²) >= 11 is 0. The predicted octanol–water partition coefficient (Wildman–Crippen LogP) is 4.32. The van der Waals surface area contributed by atoms with Crippen LogP contribution in [-0.4, -0.2) is 29.1 Å². The van der Waals surface area contributed by atoms with E-state index in [4.69, 9.17) is 4.74 Å². The molecule has 0 unspecified atom stereocenters. The van der Waals surface area contributed by atoms with Gasteiger partial charge in [0.2, 0.25) is 16.0 Å². The molecule has 1 aromatic carbocycles. The van der Waals surface area contributed by atoms with E-state index < -0.39 is 21.7 Å². The van der Waals surface area contributed by atoms with Crippen LogP contribution in [0.4, 0.5) is 14.7 Å². The van der Waals surface area contributed by atoms with Gasteiger partial charge in [0.1, 0.15) is 11.5 Å². The number of aromatic amines is 1. The molecule has 0 radical (unpaired) electrons. The van der Waals surface area contributed by atoms with E-state index in [0.717, 1.165) is 25.0 Å². The summed E-state index contributed by atoms with van der Waals surface area (Å²) in [5.74, 6) is -2.35. The van der Waals surface area contributed by atoms with Gasteiger partial charge in [0.25, 0.3) is 5.56 Å². The number of hydrogen-bond acceptors (Lipinski definition) is 6. The number of aromatic nitrogens is 3. The predicted molar refractivity (Wildman–Crippen MR) is 121 cm³/mol. The summed E-state index contributed by atoms with van der Waals surface area (Å²) in [5.41, 5.74) is 1.33. The highest BCUT2D eigenvalue weighted by atomic mass is 32.2. The monoisotopic (exact) mass is 478 g/mol. The van der Waals surface area contributed by atoms with Crippen molar-refractivity contribution in [3.05, 3.63) is 63.7 Å². The standard InChI is InChI=1S/C22H24F2N4O4S/c1-4-6-7-17-15(10-13(3)21(29)26-17)20-19(32-18-9-8-14(23)11-16(18)24)12-25-22(27-20)28-33(30,31)5-2/h8-12H,4-7H2,1-3H3,(H,26,29)(H,25,27,28). The number of nitrogens with one attached hydrogen (secondary N) is 2. The number of hydrogen-bond donors (Lipinski definition) is 2. The van der Waals surface area contributed by atoms with Crippen LogP contribution in [0.25, 0.3) is 11.3 Å². The van der Waals surface area contributed by atoms with Gasteiger partial charge in [0.05, 0.1) is 11.9 Å². The average Bonchev–Trinajstić information content (AvgIpc) is 2.77. The van der Waals surface area contributed by atoms with Crippen molar-refractivity contribution in [1.82, 2.24) is 15.0 Å². The van der Waals surface area contributed by atoms with Crippen LogP contribution in [0, 0.1) is 18.6 Å². The molecule has 2 aromatic heterocycles. The minimum Gasteiger partial charge on any atom is -0.450 e. The van der Waals surface area contributed by atoms with E-state index in [1.165, 1.54) is 13.1 Å². The lowest BCUT2D eigenvalue weighted by Gasteiger charge is -2.15. The highest BCUT2D eigenvalue weighted by molar-refractivity contribution is 7.92. The summed E-state index contributed by atoms with van der Waals surface area (Å²) in [6, 6.07) is 4.45. The number of benzene rings is 1. The number of sulfonamides is 1. The van der Waals surface area contributed by atoms with Crippen molar-refractivity contribution in [2.45, 2.75) is 40.0 Å². The van der Waals surface area contributed by atoms with Gasteiger partial charge >= 0.3 is 0 Å². The third-order valence-electron chi connectivity index (χ3n) is 4.84. The molecule has 33 heavy (non-hydrogen) atoms. The highest BCUT2D eigenvalue weighted by Crippen LogP contribution is 2.35. The van der Waals surface area contributed by atoms with Gasteiger partial charge < -0.3 is 9.72 Å². The normalized spacial score (nSPS) is 11.4. The Morgan fingerprint density at radius 1 is 1.15 bits per heavy atom. The summed E-state index contributed by atoms with van der Waals surface area (Å²) in [6.45, 7) is 5.08. The second kappa shape index (κ2) is 10.1. The molecule has 0 aliphatic carbocycles. The van der Waals surface area contributed by atoms with E-state index in [2.05, 4.69) is 19.7 Å². The molecule has 3 aromatic rings. The Hall–Kier alpha value is -3.34. The maximum Gasteiger partial charge on any atom is 0.251 e. The zero-order valence-electron chi connectivity index (χ0n) is 18.4. The topological polar surface area (TPSA) is 114 Å². The molecule has 2 N–H and O–H groups in total. The minimum absolute atomic E-state index is 0.00384. The van der Waals surface area contributed by atoms with Gasteiger partial charge in [-0.25, -0.2) is 27.2 Å². The smallest absolute Gasteiger partial charge is 0.251 e. The van der Waals surface area contributed by atoms with Crippen molar-refractivity contribution in [2.75, 3.05) is 10.5 Å². The Balaban J connectivity index is 2.19. The lowest BCUT2D eigenvalue weighted by molar-refractivity contribution is 0.436. The average molecular weight is 479 g/mol. The van der Waals surface area contributed by atoms with Crippen molar-refractivity contribution in [2.24, 2.45) is 0 Å². The first kappa shape index (κ1) is 24.3. The van der Waals surface area contributed by atoms with Crippen molar-refractivity contribution >= 4 is 16.0 Å². The Morgan fingerprint density at radius 3 is 2.58 bits per heavy atom. The van der Waals surface area contributed by atoms with E-state index in [1.807, 2.05) is 6.92 Å². The van der Waals surface area contributed by atoms with Crippen molar-refractivity contribution in [1.29, 1.82) is 0 Å². The summed E-state index contributed by atoms with van der Waals surface area (Å²) in [6.07, 6.45) is 3.36. The first-order chi connectivity index (χ1) is 15.6. The molecule has 176 valence electrons. The molecule has 0 atom stereocenters. The molecule has 8 nitrogen and oxygen atoms in total. The molecule has 0 saturated heterocycles. The number of pyridine rings is 1. The summed E-state index contributed by atoms with van der Waals surface area (Å²) < 4.78 is 59.5. The molecule has 2 heterocycles. The largest absolute Gasteiger partial charge is 0.450 e. The third kappa shape index (κ3) is 5.92. The number of anilines is 1. The Bertz CT molecular complexity index is 1330. The Kier molecular flexibility index (Phi) is 7.42. The molecule has 0 amide bonds. The summed E-state index contributed by atoms with van der Waals surface area (Å²) in [4.78, 5) is 23.4. The van der Waals surface area contributed by atoms with Gasteiger partial charge in [-0.15, -0.1) is 0 Å². The van der Waals surface area contributed by atoms with Crippen LogP contribution in [0.5, 0.6) is 11.5 Å². The number of aryl methyl sites for hydroxylation is 2. The lowest BCUT2D eigenvalue weighted by Crippen LogP contribution is -2.17. The molecule has 0 aliphatic heterocycles. The van der Waals surface area contributed by atoms with Crippen LogP contribution in [0.2, 0.25) is 0 Å². The van der Waals surface area contributed by atoms with Crippen LogP contribution in [0.3, 0.4) is 0 Å². The van der Waals surface area contributed by atoms with Crippen LogP contribution in [-0.2, 0) is 16.4 Å². The van der Waals surface area contributed by atoms with Crippen molar-refractivity contribution in [3.8, 4) is 22.8 Å². The minimum atomic E-state index is -3.67. The second-order valence-electron chi connectivity index (χ2n) is 7.37. The number of nitrogens with zero attached hydrogens (tertiary/aromatic N) is 2. The Morgan fingerprint density at radius 2 is 1.91 bits per heavy atom.